The maximum atomic E-state index is 14.3. The fourth-order valence-electron chi connectivity index (χ4n) is 2.93. The van der Waals surface area contributed by atoms with Crippen molar-refractivity contribution in [3.8, 4) is 11.3 Å². The third kappa shape index (κ3) is 3.12. The minimum absolute atomic E-state index is 0.175. The zero-order valence-electron chi connectivity index (χ0n) is 11.9. The van der Waals surface area contributed by atoms with Gasteiger partial charge in [0, 0.05) is 24.3 Å². The van der Waals surface area contributed by atoms with Gasteiger partial charge >= 0.3 is 0 Å². The van der Waals surface area contributed by atoms with Crippen molar-refractivity contribution >= 4 is 0 Å². The summed E-state index contributed by atoms with van der Waals surface area (Å²) in [4.78, 5) is 6.40. The molecule has 0 bridgehead atoms. The van der Waals surface area contributed by atoms with Gasteiger partial charge in [-0.1, -0.05) is 12.1 Å². The van der Waals surface area contributed by atoms with Gasteiger partial charge in [-0.2, -0.15) is 0 Å². The van der Waals surface area contributed by atoms with Crippen LogP contribution in [0.4, 0.5) is 4.39 Å². The minimum Gasteiger partial charge on any atom is -0.395 e. The van der Waals surface area contributed by atoms with Gasteiger partial charge in [0.1, 0.15) is 5.82 Å². The van der Waals surface area contributed by atoms with E-state index in [9.17, 15) is 9.50 Å². The molecular formula is C17H19FN2O. The molecule has 1 saturated heterocycles. The third-order valence-electron chi connectivity index (χ3n) is 4.07. The number of nitrogens with zero attached hydrogens (tertiary/aromatic N) is 2. The van der Waals surface area contributed by atoms with E-state index in [-0.39, 0.29) is 18.5 Å². The largest absolute Gasteiger partial charge is 0.395 e. The highest BCUT2D eigenvalue weighted by Gasteiger charge is 2.23. The molecule has 1 N–H and O–H groups in total. The predicted molar refractivity (Wildman–Crippen MR) is 80.1 cm³/mol. The number of hydrogen-bond donors (Lipinski definition) is 1. The Morgan fingerprint density at radius 1 is 1.29 bits per heavy atom. The van der Waals surface area contributed by atoms with Gasteiger partial charge in [-0.05, 0) is 49.2 Å². The lowest BCUT2D eigenvalue weighted by atomic mass is 10.1. The number of likely N-dealkylation sites (tertiary alicyclic amines) is 1. The molecule has 1 aromatic carbocycles. The number of pyridine rings is 1. The third-order valence-corrected chi connectivity index (χ3v) is 4.07. The number of halogens is 1. The first-order valence-electron chi connectivity index (χ1n) is 7.32. The molecule has 110 valence electrons. The maximum absolute atomic E-state index is 14.3. The van der Waals surface area contributed by atoms with E-state index in [0.717, 1.165) is 24.9 Å². The minimum atomic E-state index is -0.244. The van der Waals surface area contributed by atoms with Crippen molar-refractivity contribution in [2.75, 3.05) is 13.2 Å². The van der Waals surface area contributed by atoms with Gasteiger partial charge in [0.05, 0.1) is 12.3 Å². The predicted octanol–water partition coefficient (Wildman–Crippen LogP) is 2.84. The number of benzene rings is 1. The zero-order valence-corrected chi connectivity index (χ0v) is 11.9. The van der Waals surface area contributed by atoms with Crippen molar-refractivity contribution in [1.29, 1.82) is 0 Å². The van der Waals surface area contributed by atoms with Crippen LogP contribution in [0.5, 0.6) is 0 Å². The molecule has 1 fully saturated rings. The standard InChI is InChI=1S/C17H19FN2O/c18-16-10-13(11-20-9-3-4-14(20)12-21)6-7-15(16)17-5-1-2-8-19-17/h1-2,5-8,10,14,21H,3-4,9,11-12H2/t14-/m0/s1. The van der Waals surface area contributed by atoms with Crippen molar-refractivity contribution < 1.29 is 9.50 Å². The molecule has 0 unspecified atom stereocenters. The summed E-state index contributed by atoms with van der Waals surface area (Å²) in [7, 11) is 0. The first kappa shape index (κ1) is 14.2. The maximum Gasteiger partial charge on any atom is 0.132 e. The molecule has 1 aliphatic heterocycles. The normalized spacial score (nSPS) is 19.0. The van der Waals surface area contributed by atoms with Gasteiger partial charge in [0.25, 0.3) is 0 Å². The van der Waals surface area contributed by atoms with Crippen LogP contribution in [0.15, 0.2) is 42.6 Å². The second-order valence-electron chi connectivity index (χ2n) is 5.48. The van der Waals surface area contributed by atoms with Gasteiger partial charge < -0.3 is 5.11 Å². The molecular weight excluding hydrogens is 267 g/mol. The van der Waals surface area contributed by atoms with Crippen LogP contribution in [-0.2, 0) is 6.54 Å². The smallest absolute Gasteiger partial charge is 0.132 e. The number of rotatable bonds is 4. The van der Waals surface area contributed by atoms with Crippen LogP contribution < -0.4 is 0 Å². The van der Waals surface area contributed by atoms with Gasteiger partial charge in [0.2, 0.25) is 0 Å². The average molecular weight is 286 g/mol. The summed E-state index contributed by atoms with van der Waals surface area (Å²) < 4.78 is 14.3. The Bertz CT molecular complexity index is 603. The van der Waals surface area contributed by atoms with E-state index in [0.29, 0.717) is 17.8 Å². The van der Waals surface area contributed by atoms with E-state index < -0.39 is 0 Å². The Hall–Kier alpha value is -1.78. The van der Waals surface area contributed by atoms with Crippen molar-refractivity contribution in [3.63, 3.8) is 0 Å². The summed E-state index contributed by atoms with van der Waals surface area (Å²) in [5.74, 6) is -0.244. The molecule has 0 radical (unpaired) electrons. The van der Waals surface area contributed by atoms with E-state index in [1.165, 1.54) is 0 Å². The quantitative estimate of drug-likeness (QED) is 0.939. The van der Waals surface area contributed by atoms with E-state index in [1.807, 2.05) is 18.2 Å². The van der Waals surface area contributed by atoms with Crippen LogP contribution in [0.3, 0.4) is 0 Å². The average Bonchev–Trinajstić information content (AvgIpc) is 2.95. The topological polar surface area (TPSA) is 36.4 Å². The summed E-state index contributed by atoms with van der Waals surface area (Å²) in [6.07, 6.45) is 3.78. The van der Waals surface area contributed by atoms with Gasteiger partial charge in [0.15, 0.2) is 0 Å². The number of aliphatic hydroxyl groups is 1. The van der Waals surface area contributed by atoms with Crippen LogP contribution in [-0.4, -0.2) is 34.2 Å². The fraction of sp³-hybridized carbons (Fsp3) is 0.353. The van der Waals surface area contributed by atoms with Crippen LogP contribution in [0.1, 0.15) is 18.4 Å². The Morgan fingerprint density at radius 2 is 2.19 bits per heavy atom. The Kier molecular flexibility index (Phi) is 4.27. The summed E-state index contributed by atoms with van der Waals surface area (Å²) in [6.45, 7) is 1.83. The van der Waals surface area contributed by atoms with Crippen molar-refractivity contribution in [2.24, 2.45) is 0 Å². The number of aliphatic hydroxyl groups excluding tert-OH is 1. The molecule has 2 heterocycles. The molecule has 0 saturated carbocycles. The van der Waals surface area contributed by atoms with Crippen LogP contribution in [0.25, 0.3) is 11.3 Å². The summed E-state index contributed by atoms with van der Waals surface area (Å²) in [5, 5.41) is 9.34. The second-order valence-corrected chi connectivity index (χ2v) is 5.48. The molecule has 0 spiro atoms. The van der Waals surface area contributed by atoms with Crippen molar-refractivity contribution in [1.82, 2.24) is 9.88 Å². The first-order valence-corrected chi connectivity index (χ1v) is 7.32. The lowest BCUT2D eigenvalue weighted by Crippen LogP contribution is -2.31. The summed E-state index contributed by atoms with van der Waals surface area (Å²) >= 11 is 0. The molecule has 1 aliphatic rings. The molecule has 4 heteroatoms. The van der Waals surface area contributed by atoms with Gasteiger partial charge in [-0.15, -0.1) is 0 Å². The van der Waals surface area contributed by atoms with Crippen molar-refractivity contribution in [2.45, 2.75) is 25.4 Å². The molecule has 0 amide bonds. The first-order chi connectivity index (χ1) is 10.3. The highest BCUT2D eigenvalue weighted by molar-refractivity contribution is 5.60. The van der Waals surface area contributed by atoms with Crippen LogP contribution in [0.2, 0.25) is 0 Å². The highest BCUT2D eigenvalue weighted by Crippen LogP contribution is 2.24. The number of aromatic nitrogens is 1. The molecule has 3 nitrogen and oxygen atoms in total. The Balaban J connectivity index is 1.78. The van der Waals surface area contributed by atoms with E-state index in [2.05, 4.69) is 9.88 Å². The molecule has 1 atom stereocenters. The monoisotopic (exact) mass is 286 g/mol. The number of hydrogen-bond acceptors (Lipinski definition) is 3. The van der Waals surface area contributed by atoms with E-state index in [4.69, 9.17) is 0 Å². The summed E-state index contributed by atoms with van der Waals surface area (Å²) in [5.41, 5.74) is 2.11. The molecule has 3 rings (SSSR count). The summed E-state index contributed by atoms with van der Waals surface area (Å²) in [6, 6.07) is 11.0. The SMILES string of the molecule is OC[C@@H]1CCCN1Cc1ccc(-c2ccccn2)c(F)c1. The molecule has 1 aromatic heterocycles. The lowest BCUT2D eigenvalue weighted by Gasteiger charge is -2.22. The molecule has 2 aromatic rings. The Morgan fingerprint density at radius 3 is 2.90 bits per heavy atom. The molecule has 21 heavy (non-hydrogen) atoms. The van der Waals surface area contributed by atoms with Crippen LogP contribution >= 0.6 is 0 Å². The second kappa shape index (κ2) is 6.33. The van der Waals surface area contributed by atoms with Gasteiger partial charge in [-0.3, -0.25) is 9.88 Å². The van der Waals surface area contributed by atoms with E-state index >= 15 is 0 Å². The lowest BCUT2D eigenvalue weighted by molar-refractivity contribution is 0.153. The van der Waals surface area contributed by atoms with Gasteiger partial charge in [-0.25, -0.2) is 4.39 Å². The fourth-order valence-corrected chi connectivity index (χ4v) is 2.93. The zero-order chi connectivity index (χ0) is 14.7. The molecule has 0 aliphatic carbocycles. The highest BCUT2D eigenvalue weighted by atomic mass is 19.1. The van der Waals surface area contributed by atoms with Crippen LogP contribution in [0, 0.1) is 5.82 Å². The van der Waals surface area contributed by atoms with E-state index in [1.54, 1.807) is 24.4 Å². The van der Waals surface area contributed by atoms with Crippen molar-refractivity contribution in [3.05, 3.63) is 54.0 Å². The Labute approximate surface area is 124 Å².